The number of hydrogen-bond donors (Lipinski definition) is 2. The third kappa shape index (κ3) is 5.10. The van der Waals surface area contributed by atoms with Crippen molar-refractivity contribution in [2.75, 3.05) is 6.54 Å². The second kappa shape index (κ2) is 8.72. The van der Waals surface area contributed by atoms with Crippen molar-refractivity contribution < 1.29 is 18.8 Å². The number of amides is 4. The molecule has 142 valence electrons. The maximum Gasteiger partial charge on any atom is 0.325 e. The molecule has 1 saturated heterocycles. The molecule has 1 aliphatic rings. The molecule has 1 aromatic carbocycles. The summed E-state index contributed by atoms with van der Waals surface area (Å²) in [6, 6.07) is 4.48. The topological polar surface area (TPSA) is 91.4 Å². The minimum atomic E-state index is -0.740. The van der Waals surface area contributed by atoms with Crippen molar-refractivity contribution in [1.82, 2.24) is 20.5 Å². The Kier molecular flexibility index (Phi) is 6.12. The van der Waals surface area contributed by atoms with E-state index in [0.717, 1.165) is 9.91 Å². The third-order valence-electron chi connectivity index (χ3n) is 4.14. The van der Waals surface area contributed by atoms with Gasteiger partial charge in [-0.25, -0.2) is 14.2 Å². The van der Waals surface area contributed by atoms with E-state index < -0.39 is 23.8 Å². The summed E-state index contributed by atoms with van der Waals surface area (Å²) in [6.07, 6.45) is 2.71. The van der Waals surface area contributed by atoms with Gasteiger partial charge in [-0.15, -0.1) is 11.3 Å². The molecule has 0 saturated carbocycles. The second-order valence-corrected chi connectivity index (χ2v) is 7.10. The van der Waals surface area contributed by atoms with Gasteiger partial charge in [0.05, 0.1) is 11.6 Å². The molecular formula is C18H19FN4O3S. The Morgan fingerprint density at radius 2 is 2.22 bits per heavy atom. The molecule has 2 aromatic rings. The predicted molar refractivity (Wildman–Crippen MR) is 97.3 cm³/mol. The molecule has 4 amide bonds. The smallest absolute Gasteiger partial charge is 0.325 e. The van der Waals surface area contributed by atoms with Crippen molar-refractivity contribution in [3.63, 3.8) is 0 Å². The first kappa shape index (κ1) is 19.0. The van der Waals surface area contributed by atoms with E-state index >= 15 is 0 Å². The number of nitrogens with one attached hydrogen (secondary N) is 2. The minimum absolute atomic E-state index is 0.00105. The Bertz CT molecular complexity index is 828. The number of benzene rings is 1. The zero-order valence-corrected chi connectivity index (χ0v) is 15.3. The molecule has 0 radical (unpaired) electrons. The van der Waals surface area contributed by atoms with Gasteiger partial charge < -0.3 is 10.6 Å². The number of imide groups is 1. The van der Waals surface area contributed by atoms with Gasteiger partial charge in [0.1, 0.15) is 11.9 Å². The minimum Gasteiger partial charge on any atom is -0.356 e. The number of aromatic nitrogens is 1. The highest BCUT2D eigenvalue weighted by molar-refractivity contribution is 7.09. The normalized spacial score (nSPS) is 16.5. The Morgan fingerprint density at radius 1 is 1.37 bits per heavy atom. The molecular weight excluding hydrogens is 371 g/mol. The van der Waals surface area contributed by atoms with E-state index in [1.165, 1.54) is 29.5 Å². The fourth-order valence-electron chi connectivity index (χ4n) is 2.79. The van der Waals surface area contributed by atoms with Gasteiger partial charge in [0.15, 0.2) is 0 Å². The van der Waals surface area contributed by atoms with E-state index in [0.29, 0.717) is 18.5 Å². The standard InChI is InChI=1S/C18H19FN4O3S/c19-13-3-1-2-12(10-13)11-23-17(25)14(22-18(23)26)4-5-15(24)20-7-6-16-21-8-9-27-16/h1-3,8-10,14H,4-7,11H2,(H,20,24)(H,22,26)/t14-/m1/s1. The summed E-state index contributed by atoms with van der Waals surface area (Å²) in [5.74, 6) is -1.01. The van der Waals surface area contributed by atoms with Crippen molar-refractivity contribution in [1.29, 1.82) is 0 Å². The van der Waals surface area contributed by atoms with Gasteiger partial charge >= 0.3 is 6.03 Å². The van der Waals surface area contributed by atoms with Crippen LogP contribution in [-0.2, 0) is 22.6 Å². The Labute approximate surface area is 159 Å². The summed E-state index contributed by atoms with van der Waals surface area (Å²) in [5, 5.41) is 8.18. The largest absolute Gasteiger partial charge is 0.356 e. The lowest BCUT2D eigenvalue weighted by molar-refractivity contribution is -0.128. The van der Waals surface area contributed by atoms with Crippen LogP contribution in [0.4, 0.5) is 9.18 Å². The molecule has 1 atom stereocenters. The van der Waals surface area contributed by atoms with Crippen LogP contribution in [0.5, 0.6) is 0 Å². The zero-order chi connectivity index (χ0) is 19.2. The molecule has 1 aromatic heterocycles. The third-order valence-corrected chi connectivity index (χ3v) is 4.98. The van der Waals surface area contributed by atoms with Crippen LogP contribution in [0.3, 0.4) is 0 Å². The van der Waals surface area contributed by atoms with Crippen LogP contribution in [0, 0.1) is 5.82 Å². The fraction of sp³-hybridized carbons (Fsp3) is 0.333. The van der Waals surface area contributed by atoms with Crippen LogP contribution in [0.25, 0.3) is 0 Å². The first-order valence-electron chi connectivity index (χ1n) is 8.54. The summed E-state index contributed by atoms with van der Waals surface area (Å²) in [4.78, 5) is 41.5. The van der Waals surface area contributed by atoms with Crippen LogP contribution in [0.1, 0.15) is 23.4 Å². The molecule has 1 fully saturated rings. The van der Waals surface area contributed by atoms with Crippen molar-refractivity contribution >= 4 is 29.2 Å². The summed E-state index contributed by atoms with van der Waals surface area (Å²) >= 11 is 1.53. The van der Waals surface area contributed by atoms with E-state index in [1.54, 1.807) is 12.3 Å². The highest BCUT2D eigenvalue weighted by Gasteiger charge is 2.37. The first-order chi connectivity index (χ1) is 13.0. The average molecular weight is 390 g/mol. The van der Waals surface area contributed by atoms with Crippen LogP contribution in [0.15, 0.2) is 35.8 Å². The number of halogens is 1. The van der Waals surface area contributed by atoms with Gasteiger partial charge in [-0.1, -0.05) is 12.1 Å². The number of urea groups is 1. The lowest BCUT2D eigenvalue weighted by Crippen LogP contribution is -2.33. The Balaban J connectivity index is 1.44. The molecule has 1 aliphatic heterocycles. The second-order valence-electron chi connectivity index (χ2n) is 6.12. The summed E-state index contributed by atoms with van der Waals surface area (Å²) in [5.41, 5.74) is 0.527. The number of carbonyl (C=O) groups is 3. The molecule has 0 unspecified atom stereocenters. The maximum atomic E-state index is 13.3. The van der Waals surface area contributed by atoms with E-state index in [-0.39, 0.29) is 25.3 Å². The number of thiazole rings is 1. The lowest BCUT2D eigenvalue weighted by atomic mass is 10.1. The van der Waals surface area contributed by atoms with E-state index in [9.17, 15) is 18.8 Å². The number of hydrogen-bond acceptors (Lipinski definition) is 5. The van der Waals surface area contributed by atoms with Gasteiger partial charge in [0.25, 0.3) is 5.91 Å². The van der Waals surface area contributed by atoms with Gasteiger partial charge in [-0.3, -0.25) is 14.5 Å². The molecule has 2 heterocycles. The SMILES string of the molecule is O=C(CC[C@H]1NC(=O)N(Cc2cccc(F)c2)C1=O)NCCc1nccs1. The Morgan fingerprint density at radius 3 is 2.96 bits per heavy atom. The molecule has 0 bridgehead atoms. The highest BCUT2D eigenvalue weighted by atomic mass is 32.1. The summed E-state index contributed by atoms with van der Waals surface area (Å²) < 4.78 is 13.3. The molecule has 2 N–H and O–H groups in total. The monoisotopic (exact) mass is 390 g/mol. The van der Waals surface area contributed by atoms with Crippen molar-refractivity contribution in [3.05, 3.63) is 52.2 Å². The molecule has 9 heteroatoms. The van der Waals surface area contributed by atoms with Crippen LogP contribution < -0.4 is 10.6 Å². The molecule has 7 nitrogen and oxygen atoms in total. The summed E-state index contributed by atoms with van der Waals surface area (Å²) in [7, 11) is 0. The van der Waals surface area contributed by atoms with E-state index in [1.807, 2.05) is 5.38 Å². The van der Waals surface area contributed by atoms with Crippen molar-refractivity contribution in [2.24, 2.45) is 0 Å². The van der Waals surface area contributed by atoms with Gasteiger partial charge in [0, 0.05) is 31.0 Å². The van der Waals surface area contributed by atoms with Crippen LogP contribution in [-0.4, -0.2) is 40.3 Å². The number of rotatable bonds is 8. The Hall–Kier alpha value is -2.81. The van der Waals surface area contributed by atoms with Crippen LogP contribution in [0.2, 0.25) is 0 Å². The number of nitrogens with zero attached hydrogens (tertiary/aromatic N) is 2. The maximum absolute atomic E-state index is 13.3. The van der Waals surface area contributed by atoms with Gasteiger partial charge in [0.2, 0.25) is 5.91 Å². The zero-order valence-electron chi connectivity index (χ0n) is 14.5. The molecule has 3 rings (SSSR count). The summed E-state index contributed by atoms with van der Waals surface area (Å²) in [6.45, 7) is 0.474. The van der Waals surface area contributed by atoms with E-state index in [4.69, 9.17) is 0 Å². The molecule has 0 spiro atoms. The fourth-order valence-corrected chi connectivity index (χ4v) is 3.41. The van der Waals surface area contributed by atoms with E-state index in [2.05, 4.69) is 15.6 Å². The predicted octanol–water partition coefficient (Wildman–Crippen LogP) is 1.84. The van der Waals surface area contributed by atoms with Crippen molar-refractivity contribution in [2.45, 2.75) is 31.8 Å². The van der Waals surface area contributed by atoms with Crippen LogP contribution >= 0.6 is 11.3 Å². The first-order valence-corrected chi connectivity index (χ1v) is 9.42. The van der Waals surface area contributed by atoms with Crippen molar-refractivity contribution in [3.8, 4) is 0 Å². The quantitative estimate of drug-likeness (QED) is 0.673. The highest BCUT2D eigenvalue weighted by Crippen LogP contribution is 2.15. The lowest BCUT2D eigenvalue weighted by Gasteiger charge is -2.13. The van der Waals surface area contributed by atoms with Gasteiger partial charge in [-0.2, -0.15) is 0 Å². The average Bonchev–Trinajstić information content (AvgIpc) is 3.24. The van der Waals surface area contributed by atoms with Gasteiger partial charge in [-0.05, 0) is 24.1 Å². The molecule has 0 aliphatic carbocycles. The molecule has 27 heavy (non-hydrogen) atoms. The number of carbonyl (C=O) groups excluding carboxylic acids is 3.